The Balaban J connectivity index is 1.39. The van der Waals surface area contributed by atoms with E-state index in [4.69, 9.17) is 0 Å². The fraction of sp³-hybridized carbons (Fsp3) is 0.652. The van der Waals surface area contributed by atoms with Gasteiger partial charge < -0.3 is 15.1 Å². The second-order valence-electron chi connectivity index (χ2n) is 10.5. The van der Waals surface area contributed by atoms with Gasteiger partial charge in [0, 0.05) is 24.2 Å². The number of amides is 2. The van der Waals surface area contributed by atoms with Crippen molar-refractivity contribution < 1.29 is 9.18 Å². The van der Waals surface area contributed by atoms with E-state index in [0.29, 0.717) is 18.2 Å². The topological polar surface area (TPSA) is 93.3 Å². The quantitative estimate of drug-likeness (QED) is 0.715. The second-order valence-corrected chi connectivity index (χ2v) is 10.5. The largest absolute Gasteiger partial charge is 0.321 e. The van der Waals surface area contributed by atoms with Crippen molar-refractivity contribution in [2.45, 2.75) is 77.0 Å². The van der Waals surface area contributed by atoms with Crippen molar-refractivity contribution in [1.82, 2.24) is 34.9 Å². The number of anilines is 2. The SMILES string of the molecule is Cc1ncc(F)c(Nc2n[nH]c3c2CN(C(=O)N2CC4(CCCC4)N(C)CC2(C)C)C3C)n1. The number of nitrogens with one attached hydrogen (secondary N) is 2. The molecular weight excluding hydrogens is 423 g/mol. The van der Waals surface area contributed by atoms with Gasteiger partial charge in [0.2, 0.25) is 0 Å². The minimum absolute atomic E-state index is 0.0477. The fourth-order valence-electron chi connectivity index (χ4n) is 5.86. The Kier molecular flexibility index (Phi) is 5.11. The van der Waals surface area contributed by atoms with Crippen LogP contribution < -0.4 is 5.32 Å². The molecule has 0 bridgehead atoms. The zero-order valence-corrected chi connectivity index (χ0v) is 20.1. The van der Waals surface area contributed by atoms with E-state index in [0.717, 1.165) is 43.4 Å². The smallest absolute Gasteiger partial charge is 0.321 e. The number of hydrogen-bond acceptors (Lipinski definition) is 6. The maximum atomic E-state index is 14.2. The van der Waals surface area contributed by atoms with E-state index in [2.05, 4.69) is 56.2 Å². The number of aromatic amines is 1. The number of nitrogens with zero attached hydrogens (tertiary/aromatic N) is 6. The Bertz CT molecular complexity index is 1080. The van der Waals surface area contributed by atoms with E-state index in [9.17, 15) is 9.18 Å². The number of likely N-dealkylation sites (N-methyl/N-ethyl adjacent to an activating group) is 1. The maximum absolute atomic E-state index is 14.2. The van der Waals surface area contributed by atoms with E-state index in [1.165, 1.54) is 12.8 Å². The van der Waals surface area contributed by atoms with Gasteiger partial charge in [-0.2, -0.15) is 5.10 Å². The number of H-pyrrole nitrogens is 1. The predicted molar refractivity (Wildman–Crippen MR) is 123 cm³/mol. The van der Waals surface area contributed by atoms with Gasteiger partial charge in [-0.05, 0) is 47.6 Å². The molecule has 4 heterocycles. The zero-order valence-electron chi connectivity index (χ0n) is 20.1. The number of carbonyl (C=O) groups excluding carboxylic acids is 1. The number of urea groups is 1. The van der Waals surface area contributed by atoms with E-state index >= 15 is 0 Å². The van der Waals surface area contributed by atoms with Gasteiger partial charge in [0.15, 0.2) is 17.5 Å². The molecule has 1 saturated carbocycles. The first-order chi connectivity index (χ1) is 15.6. The zero-order chi connectivity index (χ0) is 23.5. The molecular formula is C23H33FN8O. The minimum atomic E-state index is -0.544. The summed E-state index contributed by atoms with van der Waals surface area (Å²) in [6.07, 6.45) is 5.86. The molecule has 2 aromatic heterocycles. The van der Waals surface area contributed by atoms with Gasteiger partial charge in [-0.3, -0.25) is 10.00 Å². The Morgan fingerprint density at radius 2 is 1.97 bits per heavy atom. The number of hydrogen-bond donors (Lipinski definition) is 2. The molecule has 10 heteroatoms. The van der Waals surface area contributed by atoms with Gasteiger partial charge >= 0.3 is 6.03 Å². The summed E-state index contributed by atoms with van der Waals surface area (Å²) in [5.74, 6) is 0.499. The third-order valence-electron chi connectivity index (χ3n) is 7.84. The summed E-state index contributed by atoms with van der Waals surface area (Å²) >= 11 is 0. The molecule has 1 spiro atoms. The van der Waals surface area contributed by atoms with Crippen molar-refractivity contribution in [3.8, 4) is 0 Å². The van der Waals surface area contributed by atoms with Crippen molar-refractivity contribution in [1.29, 1.82) is 0 Å². The average Bonchev–Trinajstić information content (AvgIpc) is 3.46. The van der Waals surface area contributed by atoms with Crippen molar-refractivity contribution in [2.24, 2.45) is 0 Å². The lowest BCUT2D eigenvalue weighted by molar-refractivity contribution is -0.0408. The van der Waals surface area contributed by atoms with Crippen LogP contribution in [0.5, 0.6) is 0 Å². The first-order valence-corrected chi connectivity index (χ1v) is 11.7. The van der Waals surface area contributed by atoms with Crippen LogP contribution in [0, 0.1) is 12.7 Å². The number of aromatic nitrogens is 4. The summed E-state index contributed by atoms with van der Waals surface area (Å²) < 4.78 is 14.2. The normalized spacial score (nSPS) is 23.9. The van der Waals surface area contributed by atoms with Crippen LogP contribution in [0.2, 0.25) is 0 Å². The summed E-state index contributed by atoms with van der Waals surface area (Å²) in [7, 11) is 2.20. The molecule has 0 aromatic carbocycles. The highest BCUT2D eigenvalue weighted by molar-refractivity contribution is 5.78. The van der Waals surface area contributed by atoms with Crippen LogP contribution in [0.1, 0.15) is 69.6 Å². The lowest BCUT2D eigenvalue weighted by Gasteiger charge is -2.56. The van der Waals surface area contributed by atoms with Crippen LogP contribution in [0.3, 0.4) is 0 Å². The fourth-order valence-corrected chi connectivity index (χ4v) is 5.86. The molecule has 3 aliphatic rings. The molecule has 5 rings (SSSR count). The predicted octanol–water partition coefficient (Wildman–Crippen LogP) is 3.73. The number of carbonyl (C=O) groups is 1. The number of fused-ring (bicyclic) bond motifs is 1. The van der Waals surface area contributed by atoms with Crippen LogP contribution in [0.25, 0.3) is 0 Å². The Morgan fingerprint density at radius 1 is 1.24 bits per heavy atom. The molecule has 33 heavy (non-hydrogen) atoms. The van der Waals surface area contributed by atoms with Gasteiger partial charge in [0.1, 0.15) is 5.82 Å². The highest BCUT2D eigenvalue weighted by atomic mass is 19.1. The Morgan fingerprint density at radius 3 is 2.70 bits per heavy atom. The lowest BCUT2D eigenvalue weighted by Crippen LogP contribution is -2.70. The number of halogens is 1. The van der Waals surface area contributed by atoms with E-state index < -0.39 is 5.82 Å². The number of aryl methyl sites for hydroxylation is 1. The molecule has 2 amide bonds. The van der Waals surface area contributed by atoms with E-state index in [1.54, 1.807) is 6.92 Å². The van der Waals surface area contributed by atoms with Crippen molar-refractivity contribution in [3.05, 3.63) is 29.1 Å². The third-order valence-corrected chi connectivity index (χ3v) is 7.84. The highest BCUT2D eigenvalue weighted by Gasteiger charge is 2.51. The molecule has 2 N–H and O–H groups in total. The lowest BCUT2D eigenvalue weighted by atomic mass is 9.86. The first kappa shape index (κ1) is 22.1. The molecule has 1 saturated heterocycles. The molecule has 1 atom stereocenters. The van der Waals surface area contributed by atoms with Gasteiger partial charge in [0.05, 0.1) is 30.0 Å². The first-order valence-electron chi connectivity index (χ1n) is 11.7. The summed E-state index contributed by atoms with van der Waals surface area (Å²) in [4.78, 5) is 28.4. The third kappa shape index (κ3) is 3.55. The highest BCUT2D eigenvalue weighted by Crippen LogP contribution is 2.43. The van der Waals surface area contributed by atoms with Crippen LogP contribution in [0.15, 0.2) is 6.20 Å². The van der Waals surface area contributed by atoms with Crippen LogP contribution >= 0.6 is 0 Å². The molecule has 178 valence electrons. The van der Waals surface area contributed by atoms with Gasteiger partial charge in [-0.1, -0.05) is 12.8 Å². The second kappa shape index (κ2) is 7.65. The average molecular weight is 457 g/mol. The Hall–Kier alpha value is -2.75. The minimum Gasteiger partial charge on any atom is -0.321 e. The summed E-state index contributed by atoms with van der Waals surface area (Å²) in [6, 6.07) is -0.103. The van der Waals surface area contributed by atoms with Crippen LogP contribution in [-0.2, 0) is 6.54 Å². The van der Waals surface area contributed by atoms with E-state index in [-0.39, 0.29) is 29.0 Å². The molecule has 1 aliphatic carbocycles. The van der Waals surface area contributed by atoms with Gasteiger partial charge in [-0.15, -0.1) is 0 Å². The summed E-state index contributed by atoms with van der Waals surface area (Å²) in [5, 5.41) is 10.4. The van der Waals surface area contributed by atoms with Gasteiger partial charge in [0.25, 0.3) is 0 Å². The number of piperazine rings is 1. The molecule has 0 radical (unpaired) electrons. The molecule has 9 nitrogen and oxygen atoms in total. The molecule has 2 aromatic rings. The van der Waals surface area contributed by atoms with Crippen LogP contribution in [-0.4, -0.2) is 72.1 Å². The van der Waals surface area contributed by atoms with E-state index in [1.807, 2.05) is 11.8 Å². The van der Waals surface area contributed by atoms with Crippen molar-refractivity contribution >= 4 is 17.7 Å². The Labute approximate surface area is 193 Å². The summed E-state index contributed by atoms with van der Waals surface area (Å²) in [6.45, 7) is 10.0. The van der Waals surface area contributed by atoms with Crippen molar-refractivity contribution in [2.75, 3.05) is 25.5 Å². The monoisotopic (exact) mass is 456 g/mol. The van der Waals surface area contributed by atoms with Crippen molar-refractivity contribution in [3.63, 3.8) is 0 Å². The molecule has 2 fully saturated rings. The standard InChI is InChI=1S/C23H33FN8O/c1-14-18-16(19(29-28-18)27-20-17(24)10-25-15(2)26-20)11-31(14)21(33)32-13-23(8-6-7-9-23)30(5)12-22(32,3)4/h10,14H,6-9,11-13H2,1-5H3,(H2,25,26,27,28,29). The molecule has 2 aliphatic heterocycles. The maximum Gasteiger partial charge on any atom is 0.321 e. The molecule has 1 unspecified atom stereocenters. The van der Waals surface area contributed by atoms with Crippen LogP contribution in [0.4, 0.5) is 20.8 Å². The number of rotatable bonds is 2. The summed E-state index contributed by atoms with van der Waals surface area (Å²) in [5.41, 5.74) is 1.56. The van der Waals surface area contributed by atoms with Gasteiger partial charge in [-0.25, -0.2) is 19.2 Å².